The monoisotopic (exact) mass is 328 g/mol. The highest BCUT2D eigenvalue weighted by Crippen LogP contribution is 2.32. The molecule has 0 bridgehead atoms. The molecule has 1 aromatic carbocycles. The van der Waals surface area contributed by atoms with Crippen LogP contribution in [0.15, 0.2) is 24.3 Å². The first-order chi connectivity index (χ1) is 11.6. The molecule has 0 saturated carbocycles. The summed E-state index contributed by atoms with van der Waals surface area (Å²) in [6.07, 6.45) is 0. The number of rotatable bonds is 3. The molecule has 2 amide bonds. The van der Waals surface area contributed by atoms with Gasteiger partial charge in [0.15, 0.2) is 17.2 Å². The number of hydrogen-bond donors (Lipinski definition) is 1. The van der Waals surface area contributed by atoms with Crippen LogP contribution in [-0.4, -0.2) is 46.9 Å². The average molecular weight is 328 g/mol. The molecule has 2 aliphatic rings. The summed E-state index contributed by atoms with van der Waals surface area (Å²) >= 11 is 0. The Labute approximate surface area is 137 Å². The van der Waals surface area contributed by atoms with Crippen molar-refractivity contribution in [2.45, 2.75) is 13.1 Å². The second-order valence-electron chi connectivity index (χ2n) is 5.73. The molecule has 8 heteroatoms. The highest BCUT2D eigenvalue weighted by Gasteiger charge is 2.25. The van der Waals surface area contributed by atoms with Gasteiger partial charge in [-0.2, -0.15) is 5.10 Å². The molecule has 1 aromatic heterocycles. The lowest BCUT2D eigenvalue weighted by atomic mass is 10.2. The van der Waals surface area contributed by atoms with E-state index in [-0.39, 0.29) is 24.3 Å². The Morgan fingerprint density at radius 1 is 1.25 bits per heavy atom. The SMILES string of the molecule is CN1CCn2nc(C(=O)NCc3ccc4c(c3)OCO4)cc2C1=O. The fourth-order valence-corrected chi connectivity index (χ4v) is 2.74. The number of likely N-dealkylation sites (N-methyl/N-ethyl adjacent to an activating group) is 1. The maximum Gasteiger partial charge on any atom is 0.272 e. The largest absolute Gasteiger partial charge is 0.454 e. The molecular formula is C16H16N4O4. The van der Waals surface area contributed by atoms with Crippen molar-refractivity contribution in [3.05, 3.63) is 41.2 Å². The van der Waals surface area contributed by atoms with Crippen molar-refractivity contribution >= 4 is 11.8 Å². The molecule has 0 fully saturated rings. The predicted molar refractivity (Wildman–Crippen MR) is 82.9 cm³/mol. The third-order valence-corrected chi connectivity index (χ3v) is 4.12. The van der Waals surface area contributed by atoms with Crippen molar-refractivity contribution in [1.82, 2.24) is 20.0 Å². The zero-order valence-corrected chi connectivity index (χ0v) is 13.1. The number of aromatic nitrogens is 2. The van der Waals surface area contributed by atoms with Crippen molar-refractivity contribution in [2.75, 3.05) is 20.4 Å². The number of fused-ring (bicyclic) bond motifs is 2. The van der Waals surface area contributed by atoms with Gasteiger partial charge in [0.2, 0.25) is 6.79 Å². The molecule has 0 atom stereocenters. The summed E-state index contributed by atoms with van der Waals surface area (Å²) in [6, 6.07) is 7.05. The molecule has 124 valence electrons. The smallest absolute Gasteiger partial charge is 0.272 e. The van der Waals surface area contributed by atoms with E-state index in [1.54, 1.807) is 16.6 Å². The Bertz CT molecular complexity index is 829. The van der Waals surface area contributed by atoms with Gasteiger partial charge in [-0.25, -0.2) is 0 Å². The van der Waals surface area contributed by atoms with Gasteiger partial charge in [-0.15, -0.1) is 0 Å². The lowest BCUT2D eigenvalue weighted by molar-refractivity contribution is 0.0742. The molecule has 8 nitrogen and oxygen atoms in total. The van der Waals surface area contributed by atoms with E-state index in [0.29, 0.717) is 36.8 Å². The Morgan fingerprint density at radius 2 is 2.08 bits per heavy atom. The summed E-state index contributed by atoms with van der Waals surface area (Å²) in [6.45, 7) is 1.73. The van der Waals surface area contributed by atoms with Gasteiger partial charge in [-0.3, -0.25) is 14.3 Å². The number of nitrogens with zero attached hydrogens (tertiary/aromatic N) is 3. The summed E-state index contributed by atoms with van der Waals surface area (Å²) in [5.41, 5.74) is 1.58. The van der Waals surface area contributed by atoms with Gasteiger partial charge < -0.3 is 19.7 Å². The number of nitrogens with one attached hydrogen (secondary N) is 1. The first-order valence-corrected chi connectivity index (χ1v) is 7.62. The second kappa shape index (κ2) is 5.55. The van der Waals surface area contributed by atoms with Crippen LogP contribution in [0.4, 0.5) is 0 Å². The molecule has 2 aromatic rings. The highest BCUT2D eigenvalue weighted by molar-refractivity contribution is 5.98. The van der Waals surface area contributed by atoms with E-state index < -0.39 is 0 Å². The van der Waals surface area contributed by atoms with Crippen LogP contribution in [-0.2, 0) is 13.1 Å². The third kappa shape index (κ3) is 2.45. The maximum atomic E-state index is 12.3. The van der Waals surface area contributed by atoms with Gasteiger partial charge in [0, 0.05) is 26.2 Å². The zero-order valence-electron chi connectivity index (χ0n) is 13.1. The lowest BCUT2D eigenvalue weighted by Crippen LogP contribution is -2.37. The van der Waals surface area contributed by atoms with E-state index in [1.807, 2.05) is 18.2 Å². The molecule has 0 saturated heterocycles. The van der Waals surface area contributed by atoms with Crippen molar-refractivity contribution < 1.29 is 19.1 Å². The Balaban J connectivity index is 1.45. The number of carbonyl (C=O) groups excluding carboxylic acids is 2. The normalized spacial score (nSPS) is 15.4. The Morgan fingerprint density at radius 3 is 2.96 bits per heavy atom. The molecule has 4 rings (SSSR count). The highest BCUT2D eigenvalue weighted by atomic mass is 16.7. The van der Waals surface area contributed by atoms with Gasteiger partial charge in [-0.1, -0.05) is 6.07 Å². The minimum Gasteiger partial charge on any atom is -0.454 e. The molecule has 1 N–H and O–H groups in total. The van der Waals surface area contributed by atoms with E-state index in [9.17, 15) is 9.59 Å². The fraction of sp³-hybridized carbons (Fsp3) is 0.312. The number of hydrogen-bond acceptors (Lipinski definition) is 5. The van der Waals surface area contributed by atoms with E-state index in [2.05, 4.69) is 10.4 Å². The summed E-state index contributed by atoms with van der Waals surface area (Å²) in [5, 5.41) is 7.02. The van der Waals surface area contributed by atoms with Gasteiger partial charge in [0.1, 0.15) is 5.69 Å². The maximum absolute atomic E-state index is 12.3. The van der Waals surface area contributed by atoms with Crippen LogP contribution < -0.4 is 14.8 Å². The predicted octanol–water partition coefficient (Wildman–Crippen LogP) is 0.627. The Hall–Kier alpha value is -3.03. The van der Waals surface area contributed by atoms with Crippen molar-refractivity contribution in [3.63, 3.8) is 0 Å². The van der Waals surface area contributed by atoms with Crippen LogP contribution in [0, 0.1) is 0 Å². The van der Waals surface area contributed by atoms with Crippen LogP contribution in [0.3, 0.4) is 0 Å². The quantitative estimate of drug-likeness (QED) is 0.893. The number of benzene rings is 1. The number of ether oxygens (including phenoxy) is 2. The van der Waals surface area contributed by atoms with Crippen LogP contribution in [0.1, 0.15) is 26.5 Å². The van der Waals surface area contributed by atoms with Crippen LogP contribution in [0.5, 0.6) is 11.5 Å². The van der Waals surface area contributed by atoms with Crippen LogP contribution >= 0.6 is 0 Å². The first-order valence-electron chi connectivity index (χ1n) is 7.62. The summed E-state index contributed by atoms with van der Waals surface area (Å²) < 4.78 is 12.2. The molecule has 0 aliphatic carbocycles. The van der Waals surface area contributed by atoms with Gasteiger partial charge in [0.05, 0.1) is 6.54 Å². The molecule has 0 spiro atoms. The molecular weight excluding hydrogens is 312 g/mol. The van der Waals surface area contributed by atoms with Crippen molar-refractivity contribution in [3.8, 4) is 11.5 Å². The average Bonchev–Trinajstić information content (AvgIpc) is 3.22. The second-order valence-corrected chi connectivity index (χ2v) is 5.73. The minimum atomic E-state index is -0.315. The molecule has 24 heavy (non-hydrogen) atoms. The minimum absolute atomic E-state index is 0.122. The fourth-order valence-electron chi connectivity index (χ4n) is 2.74. The van der Waals surface area contributed by atoms with E-state index in [1.165, 1.54) is 6.07 Å². The van der Waals surface area contributed by atoms with Crippen LogP contribution in [0.25, 0.3) is 0 Å². The summed E-state index contributed by atoms with van der Waals surface area (Å²) in [4.78, 5) is 26.0. The number of carbonyl (C=O) groups is 2. The first kappa shape index (κ1) is 14.6. The summed E-state index contributed by atoms with van der Waals surface area (Å²) in [5.74, 6) is 0.941. The molecule has 0 unspecified atom stereocenters. The van der Waals surface area contributed by atoms with Crippen molar-refractivity contribution in [2.24, 2.45) is 0 Å². The van der Waals surface area contributed by atoms with E-state index in [0.717, 1.165) is 5.56 Å². The van der Waals surface area contributed by atoms with E-state index >= 15 is 0 Å². The van der Waals surface area contributed by atoms with Crippen molar-refractivity contribution in [1.29, 1.82) is 0 Å². The van der Waals surface area contributed by atoms with Gasteiger partial charge >= 0.3 is 0 Å². The molecule has 3 heterocycles. The molecule has 2 aliphatic heterocycles. The zero-order chi connectivity index (χ0) is 16.7. The topological polar surface area (TPSA) is 85.7 Å². The van der Waals surface area contributed by atoms with Gasteiger partial charge in [0.25, 0.3) is 11.8 Å². The molecule has 0 radical (unpaired) electrons. The third-order valence-electron chi connectivity index (χ3n) is 4.12. The standard InChI is InChI=1S/C16H16N4O4/c1-19-4-5-20-12(16(19)22)7-11(18-20)15(21)17-8-10-2-3-13-14(6-10)24-9-23-13/h2-3,6-7H,4-5,8-9H2,1H3,(H,17,21). The van der Waals surface area contributed by atoms with E-state index in [4.69, 9.17) is 9.47 Å². The van der Waals surface area contributed by atoms with Gasteiger partial charge in [-0.05, 0) is 17.7 Å². The lowest BCUT2D eigenvalue weighted by Gasteiger charge is -2.22. The summed E-state index contributed by atoms with van der Waals surface area (Å²) in [7, 11) is 1.73. The Kier molecular flexibility index (Phi) is 3.37. The number of amides is 2. The van der Waals surface area contributed by atoms with Crippen LogP contribution in [0.2, 0.25) is 0 Å².